The summed E-state index contributed by atoms with van der Waals surface area (Å²) in [4.78, 5) is 4.03. The second kappa shape index (κ2) is 5.18. The quantitative estimate of drug-likeness (QED) is 0.744. The van der Waals surface area contributed by atoms with Gasteiger partial charge in [-0.25, -0.2) is 4.98 Å². The van der Waals surface area contributed by atoms with Gasteiger partial charge in [-0.05, 0) is 25.0 Å². The van der Waals surface area contributed by atoms with Crippen molar-refractivity contribution >= 4 is 5.82 Å². The topological polar surface area (TPSA) is 48.7 Å². The lowest BCUT2D eigenvalue weighted by Gasteiger charge is -2.06. The first kappa shape index (κ1) is 10.5. The Morgan fingerprint density at radius 1 is 1.64 bits per heavy atom. The van der Waals surface area contributed by atoms with Gasteiger partial charge in [-0.3, -0.25) is 4.39 Å². The minimum atomic E-state index is -0.360. The lowest BCUT2D eigenvalue weighted by Crippen LogP contribution is -2.06. The van der Waals surface area contributed by atoms with Gasteiger partial charge in [-0.1, -0.05) is 0 Å². The molecule has 0 aromatic carbocycles. The highest BCUT2D eigenvalue weighted by atomic mass is 19.1. The molecule has 0 saturated heterocycles. The van der Waals surface area contributed by atoms with Crippen LogP contribution in [0.3, 0.4) is 0 Å². The van der Waals surface area contributed by atoms with Crippen LogP contribution < -0.4 is 5.32 Å². The number of hydrogen-bond acceptors (Lipinski definition) is 3. The molecule has 1 aromatic heterocycles. The first-order valence-corrected chi connectivity index (χ1v) is 4.45. The molecular formula is C10H12FN3. The zero-order valence-corrected chi connectivity index (χ0v) is 8.05. The van der Waals surface area contributed by atoms with Gasteiger partial charge in [0, 0.05) is 12.7 Å². The van der Waals surface area contributed by atoms with Crippen LogP contribution in [0.15, 0.2) is 12.3 Å². The second-order valence-corrected chi connectivity index (χ2v) is 2.93. The van der Waals surface area contributed by atoms with E-state index in [1.54, 1.807) is 12.3 Å². The van der Waals surface area contributed by atoms with Crippen molar-refractivity contribution in [1.29, 1.82) is 5.26 Å². The Balaban J connectivity index is 2.76. The summed E-state index contributed by atoms with van der Waals surface area (Å²) in [5.74, 6) is 0.543. The van der Waals surface area contributed by atoms with Gasteiger partial charge < -0.3 is 5.32 Å². The molecule has 0 saturated carbocycles. The first-order valence-electron chi connectivity index (χ1n) is 4.45. The number of rotatable bonds is 4. The molecule has 0 fully saturated rings. The fraction of sp³-hybridized carbons (Fsp3) is 0.400. The Bertz CT molecular complexity index is 344. The molecular weight excluding hydrogens is 181 g/mol. The maximum atomic E-state index is 11.8. The summed E-state index contributed by atoms with van der Waals surface area (Å²) in [6.07, 6.45) is 2.06. The fourth-order valence-electron chi connectivity index (χ4n) is 1.11. The number of hydrogen-bond donors (Lipinski definition) is 1. The zero-order chi connectivity index (χ0) is 10.4. The molecule has 0 spiro atoms. The van der Waals surface area contributed by atoms with Crippen molar-refractivity contribution in [1.82, 2.24) is 4.98 Å². The van der Waals surface area contributed by atoms with Crippen molar-refractivity contribution in [3.8, 4) is 6.07 Å². The summed E-state index contributed by atoms with van der Waals surface area (Å²) in [5.41, 5.74) is 1.41. The average Bonchev–Trinajstić information content (AvgIpc) is 2.18. The predicted molar refractivity (Wildman–Crippen MR) is 52.8 cm³/mol. The maximum Gasteiger partial charge on any atom is 0.144 e. The number of aryl methyl sites for hydroxylation is 1. The molecule has 0 unspecified atom stereocenters. The molecule has 0 aliphatic heterocycles. The summed E-state index contributed by atoms with van der Waals surface area (Å²) in [6.45, 7) is 1.99. The summed E-state index contributed by atoms with van der Waals surface area (Å²) < 4.78 is 11.8. The van der Waals surface area contributed by atoms with Gasteiger partial charge in [-0.2, -0.15) is 5.26 Å². The predicted octanol–water partition coefficient (Wildman–Crippen LogP) is 2.03. The Morgan fingerprint density at radius 2 is 2.43 bits per heavy atom. The highest BCUT2D eigenvalue weighted by Crippen LogP contribution is 2.14. The van der Waals surface area contributed by atoms with Crippen LogP contribution in [-0.4, -0.2) is 18.2 Å². The number of pyridine rings is 1. The van der Waals surface area contributed by atoms with Crippen molar-refractivity contribution in [2.24, 2.45) is 0 Å². The van der Waals surface area contributed by atoms with Gasteiger partial charge in [0.1, 0.15) is 11.9 Å². The summed E-state index contributed by atoms with van der Waals surface area (Å²) in [5, 5.41) is 11.8. The van der Waals surface area contributed by atoms with Crippen LogP contribution in [0.2, 0.25) is 0 Å². The normalized spacial score (nSPS) is 9.50. The molecule has 0 bridgehead atoms. The van der Waals surface area contributed by atoms with Gasteiger partial charge in [0.05, 0.1) is 12.2 Å². The molecule has 1 aromatic rings. The summed E-state index contributed by atoms with van der Waals surface area (Å²) in [6, 6.07) is 3.85. The number of anilines is 1. The molecule has 0 aliphatic rings. The zero-order valence-electron chi connectivity index (χ0n) is 8.05. The standard InChI is InChI=1S/C10H12FN3/c1-8-3-6-14-10(9(8)7-12)13-5-2-4-11/h3,6H,2,4-5H2,1H3,(H,13,14). The molecule has 74 valence electrons. The van der Waals surface area contributed by atoms with Crippen LogP contribution in [-0.2, 0) is 0 Å². The van der Waals surface area contributed by atoms with Gasteiger partial charge in [-0.15, -0.1) is 0 Å². The fourth-order valence-corrected chi connectivity index (χ4v) is 1.11. The van der Waals surface area contributed by atoms with Crippen LogP contribution in [0.5, 0.6) is 0 Å². The number of halogens is 1. The maximum absolute atomic E-state index is 11.8. The largest absolute Gasteiger partial charge is 0.369 e. The second-order valence-electron chi connectivity index (χ2n) is 2.93. The molecule has 4 heteroatoms. The smallest absolute Gasteiger partial charge is 0.144 e. The van der Waals surface area contributed by atoms with E-state index in [4.69, 9.17) is 5.26 Å². The van der Waals surface area contributed by atoms with Crippen molar-refractivity contribution in [2.45, 2.75) is 13.3 Å². The van der Waals surface area contributed by atoms with Crippen molar-refractivity contribution in [3.05, 3.63) is 23.4 Å². The molecule has 1 rings (SSSR count). The van der Waals surface area contributed by atoms with E-state index in [0.717, 1.165) is 5.56 Å². The molecule has 0 radical (unpaired) electrons. The number of nitriles is 1. The molecule has 3 nitrogen and oxygen atoms in total. The minimum Gasteiger partial charge on any atom is -0.369 e. The monoisotopic (exact) mass is 193 g/mol. The molecule has 1 N–H and O–H groups in total. The number of aromatic nitrogens is 1. The van der Waals surface area contributed by atoms with Gasteiger partial charge >= 0.3 is 0 Å². The van der Waals surface area contributed by atoms with Crippen molar-refractivity contribution in [3.63, 3.8) is 0 Å². The highest BCUT2D eigenvalue weighted by molar-refractivity contribution is 5.55. The Labute approximate surface area is 82.6 Å². The molecule has 0 atom stereocenters. The van der Waals surface area contributed by atoms with E-state index in [9.17, 15) is 4.39 Å². The number of alkyl halides is 1. The van der Waals surface area contributed by atoms with E-state index >= 15 is 0 Å². The lowest BCUT2D eigenvalue weighted by molar-refractivity contribution is 0.481. The van der Waals surface area contributed by atoms with Crippen LogP contribution in [0.25, 0.3) is 0 Å². The highest BCUT2D eigenvalue weighted by Gasteiger charge is 2.04. The third-order valence-corrected chi connectivity index (χ3v) is 1.87. The van der Waals surface area contributed by atoms with E-state index in [2.05, 4.69) is 16.4 Å². The Kier molecular flexibility index (Phi) is 3.86. The summed E-state index contributed by atoms with van der Waals surface area (Å²) in [7, 11) is 0. The van der Waals surface area contributed by atoms with Crippen molar-refractivity contribution in [2.75, 3.05) is 18.5 Å². The van der Waals surface area contributed by atoms with Gasteiger partial charge in [0.2, 0.25) is 0 Å². The molecule has 14 heavy (non-hydrogen) atoms. The molecule has 0 aliphatic carbocycles. The third kappa shape index (κ3) is 2.43. The average molecular weight is 193 g/mol. The van der Waals surface area contributed by atoms with E-state index in [1.165, 1.54) is 0 Å². The minimum absolute atomic E-state index is 0.360. The molecule has 1 heterocycles. The van der Waals surface area contributed by atoms with Gasteiger partial charge in [0.15, 0.2) is 0 Å². The van der Waals surface area contributed by atoms with E-state index in [-0.39, 0.29) is 6.67 Å². The molecule has 0 amide bonds. The number of nitrogens with zero attached hydrogens (tertiary/aromatic N) is 2. The Hall–Kier alpha value is -1.63. The van der Waals surface area contributed by atoms with E-state index < -0.39 is 0 Å². The van der Waals surface area contributed by atoms with E-state index in [1.807, 2.05) is 6.92 Å². The summed E-state index contributed by atoms with van der Waals surface area (Å²) >= 11 is 0. The van der Waals surface area contributed by atoms with Gasteiger partial charge in [0.25, 0.3) is 0 Å². The third-order valence-electron chi connectivity index (χ3n) is 1.87. The van der Waals surface area contributed by atoms with E-state index in [0.29, 0.717) is 24.3 Å². The number of nitrogens with one attached hydrogen (secondary N) is 1. The first-order chi connectivity index (χ1) is 6.79. The van der Waals surface area contributed by atoms with Crippen LogP contribution >= 0.6 is 0 Å². The lowest BCUT2D eigenvalue weighted by atomic mass is 10.1. The van der Waals surface area contributed by atoms with Crippen LogP contribution in [0.1, 0.15) is 17.5 Å². The SMILES string of the molecule is Cc1ccnc(NCCCF)c1C#N. The van der Waals surface area contributed by atoms with Crippen LogP contribution in [0.4, 0.5) is 10.2 Å². The van der Waals surface area contributed by atoms with Crippen LogP contribution in [0, 0.1) is 18.3 Å². The Morgan fingerprint density at radius 3 is 3.07 bits per heavy atom. The van der Waals surface area contributed by atoms with Crippen molar-refractivity contribution < 1.29 is 4.39 Å².